The fourth-order valence-electron chi connectivity index (χ4n) is 1.76. The van der Waals surface area contributed by atoms with E-state index in [-0.39, 0.29) is 0 Å². The van der Waals surface area contributed by atoms with E-state index in [1.165, 1.54) is 0 Å². The third-order valence-electron chi connectivity index (χ3n) is 2.88. The fraction of sp³-hybridized carbons (Fsp3) is 0.167. The molecule has 7 heteroatoms. The number of nitrogens with zero attached hydrogens (tertiary/aromatic N) is 5. The summed E-state index contributed by atoms with van der Waals surface area (Å²) in [4.78, 5) is 7.30. The van der Waals surface area contributed by atoms with Crippen molar-refractivity contribution in [3.63, 3.8) is 0 Å². The minimum atomic E-state index is 0.694. The number of aromatic nitrogens is 6. The Labute approximate surface area is 109 Å². The maximum absolute atomic E-state index is 4.24. The molecule has 0 aliphatic heterocycles. The summed E-state index contributed by atoms with van der Waals surface area (Å²) in [6.45, 7) is 2.70. The number of H-pyrrole nitrogens is 1. The monoisotopic (exact) mass is 255 g/mol. The minimum Gasteiger partial charge on any atom is -0.379 e. The lowest BCUT2D eigenvalue weighted by Gasteiger charge is -2.06. The van der Waals surface area contributed by atoms with Crippen LogP contribution in [0, 0.1) is 6.92 Å². The van der Waals surface area contributed by atoms with Gasteiger partial charge in [-0.2, -0.15) is 0 Å². The van der Waals surface area contributed by atoms with Gasteiger partial charge in [0.1, 0.15) is 6.33 Å². The first-order valence-corrected chi connectivity index (χ1v) is 5.89. The smallest absolute Gasteiger partial charge is 0.143 e. The molecular formula is C12H13N7. The van der Waals surface area contributed by atoms with E-state index < -0.39 is 0 Å². The van der Waals surface area contributed by atoms with E-state index in [1.54, 1.807) is 17.3 Å². The average Bonchev–Trinajstić information content (AvgIpc) is 3.09. The molecule has 0 amide bonds. The van der Waals surface area contributed by atoms with Crippen LogP contribution >= 0.6 is 0 Å². The van der Waals surface area contributed by atoms with Gasteiger partial charge in [-0.3, -0.25) is 0 Å². The van der Waals surface area contributed by atoms with Crippen molar-refractivity contribution < 1.29 is 0 Å². The number of hydrogen-bond acceptors (Lipinski definition) is 5. The van der Waals surface area contributed by atoms with Crippen molar-refractivity contribution in [2.75, 3.05) is 5.32 Å². The lowest BCUT2D eigenvalue weighted by molar-refractivity contribution is 0.789. The molecule has 0 spiro atoms. The highest BCUT2D eigenvalue weighted by Gasteiger charge is 2.01. The molecule has 0 unspecified atom stereocenters. The van der Waals surface area contributed by atoms with Gasteiger partial charge in [-0.25, -0.2) is 9.67 Å². The SMILES string of the molecule is Cc1[nH]cnc1CNc1ccc(-n2cnnn2)cc1. The van der Waals surface area contributed by atoms with E-state index in [9.17, 15) is 0 Å². The Balaban J connectivity index is 1.68. The molecule has 1 aromatic carbocycles. The Morgan fingerprint density at radius 2 is 2.11 bits per heavy atom. The van der Waals surface area contributed by atoms with Crippen molar-refractivity contribution in [2.45, 2.75) is 13.5 Å². The van der Waals surface area contributed by atoms with Gasteiger partial charge in [0.25, 0.3) is 0 Å². The normalized spacial score (nSPS) is 10.6. The van der Waals surface area contributed by atoms with Gasteiger partial charge in [0.2, 0.25) is 0 Å². The number of nitrogens with one attached hydrogen (secondary N) is 2. The molecule has 0 atom stereocenters. The van der Waals surface area contributed by atoms with Crippen molar-refractivity contribution in [3.8, 4) is 5.69 Å². The number of rotatable bonds is 4. The Kier molecular flexibility index (Phi) is 2.93. The molecule has 0 fully saturated rings. The molecule has 0 radical (unpaired) electrons. The predicted octanol–water partition coefficient (Wildman–Crippen LogP) is 1.31. The summed E-state index contributed by atoms with van der Waals surface area (Å²) in [5.41, 5.74) is 4.05. The minimum absolute atomic E-state index is 0.694. The highest BCUT2D eigenvalue weighted by molar-refractivity contribution is 5.48. The number of aryl methyl sites for hydroxylation is 1. The van der Waals surface area contributed by atoms with E-state index in [2.05, 4.69) is 30.8 Å². The van der Waals surface area contributed by atoms with Crippen LogP contribution < -0.4 is 5.32 Å². The van der Waals surface area contributed by atoms with E-state index in [1.807, 2.05) is 31.2 Å². The zero-order valence-corrected chi connectivity index (χ0v) is 10.4. The number of hydrogen-bond donors (Lipinski definition) is 2. The largest absolute Gasteiger partial charge is 0.379 e. The molecule has 2 aromatic heterocycles. The van der Waals surface area contributed by atoms with Gasteiger partial charge in [-0.15, -0.1) is 5.10 Å². The topological polar surface area (TPSA) is 84.3 Å². The summed E-state index contributed by atoms with van der Waals surface area (Å²) >= 11 is 0. The summed E-state index contributed by atoms with van der Waals surface area (Å²) in [7, 11) is 0. The molecule has 7 nitrogen and oxygen atoms in total. The van der Waals surface area contributed by atoms with Crippen molar-refractivity contribution in [3.05, 3.63) is 48.3 Å². The highest BCUT2D eigenvalue weighted by atomic mass is 15.5. The molecule has 0 saturated carbocycles. The van der Waals surface area contributed by atoms with Crippen LogP contribution in [0.1, 0.15) is 11.4 Å². The summed E-state index contributed by atoms with van der Waals surface area (Å²) in [6, 6.07) is 7.88. The molecule has 0 bridgehead atoms. The lowest BCUT2D eigenvalue weighted by Crippen LogP contribution is -2.02. The maximum atomic E-state index is 4.24. The molecule has 0 aliphatic rings. The Morgan fingerprint density at radius 3 is 2.74 bits per heavy atom. The highest BCUT2D eigenvalue weighted by Crippen LogP contribution is 2.13. The molecule has 2 heterocycles. The lowest BCUT2D eigenvalue weighted by atomic mass is 10.2. The number of benzene rings is 1. The van der Waals surface area contributed by atoms with E-state index >= 15 is 0 Å². The summed E-state index contributed by atoms with van der Waals surface area (Å²) in [5, 5.41) is 14.4. The molecule has 96 valence electrons. The van der Waals surface area contributed by atoms with Crippen LogP contribution in [0.2, 0.25) is 0 Å². The van der Waals surface area contributed by atoms with Crippen molar-refractivity contribution in [1.29, 1.82) is 0 Å². The number of tetrazole rings is 1. The number of anilines is 1. The third-order valence-corrected chi connectivity index (χ3v) is 2.88. The van der Waals surface area contributed by atoms with Crippen molar-refractivity contribution in [2.24, 2.45) is 0 Å². The van der Waals surface area contributed by atoms with E-state index in [4.69, 9.17) is 0 Å². The van der Waals surface area contributed by atoms with Crippen molar-refractivity contribution >= 4 is 5.69 Å². The molecule has 3 rings (SSSR count). The molecule has 0 saturated heterocycles. The second-order valence-electron chi connectivity index (χ2n) is 4.13. The Bertz CT molecular complexity index is 639. The van der Waals surface area contributed by atoms with Crippen LogP contribution in [0.5, 0.6) is 0 Å². The first-order chi connectivity index (χ1) is 9.33. The molecule has 19 heavy (non-hydrogen) atoms. The van der Waals surface area contributed by atoms with Crippen LogP contribution in [0.3, 0.4) is 0 Å². The van der Waals surface area contributed by atoms with Crippen LogP contribution in [0.25, 0.3) is 5.69 Å². The molecule has 3 aromatic rings. The van der Waals surface area contributed by atoms with Crippen LogP contribution in [-0.4, -0.2) is 30.2 Å². The second kappa shape index (κ2) is 4.89. The van der Waals surface area contributed by atoms with E-state index in [0.717, 1.165) is 22.8 Å². The molecule has 0 aliphatic carbocycles. The first kappa shape index (κ1) is 11.4. The standard InChI is InChI=1S/C12H13N7/c1-9-12(15-7-14-9)6-13-10-2-4-11(5-3-10)19-8-16-17-18-19/h2-5,7-8,13H,6H2,1H3,(H,14,15). The molecule has 2 N–H and O–H groups in total. The van der Waals surface area contributed by atoms with Gasteiger partial charge in [0.05, 0.1) is 24.3 Å². The second-order valence-corrected chi connectivity index (χ2v) is 4.13. The van der Waals surface area contributed by atoms with Gasteiger partial charge in [-0.1, -0.05) is 0 Å². The predicted molar refractivity (Wildman–Crippen MR) is 69.8 cm³/mol. The Hall–Kier alpha value is -2.70. The van der Waals surface area contributed by atoms with Gasteiger partial charge in [0, 0.05) is 11.4 Å². The van der Waals surface area contributed by atoms with Gasteiger partial charge in [-0.05, 0) is 41.6 Å². The first-order valence-electron chi connectivity index (χ1n) is 5.89. The zero-order chi connectivity index (χ0) is 13.1. The number of imidazole rings is 1. The van der Waals surface area contributed by atoms with Crippen molar-refractivity contribution in [1.82, 2.24) is 30.2 Å². The van der Waals surface area contributed by atoms with Crippen LogP contribution in [-0.2, 0) is 6.54 Å². The van der Waals surface area contributed by atoms with Gasteiger partial charge < -0.3 is 10.3 Å². The summed E-state index contributed by atoms with van der Waals surface area (Å²) in [6.07, 6.45) is 3.27. The zero-order valence-electron chi connectivity index (χ0n) is 10.4. The summed E-state index contributed by atoms with van der Waals surface area (Å²) in [5.74, 6) is 0. The fourth-order valence-corrected chi connectivity index (χ4v) is 1.76. The summed E-state index contributed by atoms with van der Waals surface area (Å²) < 4.78 is 1.61. The third kappa shape index (κ3) is 2.44. The van der Waals surface area contributed by atoms with Gasteiger partial charge >= 0.3 is 0 Å². The molecular weight excluding hydrogens is 242 g/mol. The maximum Gasteiger partial charge on any atom is 0.143 e. The average molecular weight is 255 g/mol. The number of aromatic amines is 1. The van der Waals surface area contributed by atoms with Crippen LogP contribution in [0.15, 0.2) is 36.9 Å². The Morgan fingerprint density at radius 1 is 1.26 bits per heavy atom. The van der Waals surface area contributed by atoms with Gasteiger partial charge in [0.15, 0.2) is 0 Å². The van der Waals surface area contributed by atoms with E-state index in [0.29, 0.717) is 6.54 Å². The van der Waals surface area contributed by atoms with Crippen LogP contribution in [0.4, 0.5) is 5.69 Å². The quantitative estimate of drug-likeness (QED) is 0.734.